The number of aromatic nitrogens is 2. The molecule has 0 fully saturated rings. The van der Waals surface area contributed by atoms with E-state index in [0.29, 0.717) is 0 Å². The second-order valence-corrected chi connectivity index (χ2v) is 5.76. The Bertz CT molecular complexity index is 586. The van der Waals surface area contributed by atoms with Gasteiger partial charge in [0.1, 0.15) is 5.82 Å². The van der Waals surface area contributed by atoms with E-state index in [1.54, 1.807) is 29.3 Å². The summed E-state index contributed by atoms with van der Waals surface area (Å²) in [7, 11) is 0. The fourth-order valence-electron chi connectivity index (χ4n) is 1.59. The molecule has 0 aliphatic carbocycles. The van der Waals surface area contributed by atoms with Gasteiger partial charge in [0.2, 0.25) is 0 Å². The number of thiophene rings is 1. The van der Waals surface area contributed by atoms with Crippen LogP contribution in [0.2, 0.25) is 0 Å². The fourth-order valence-corrected chi connectivity index (χ4v) is 3.46. The summed E-state index contributed by atoms with van der Waals surface area (Å²) in [5.74, 6) is 0.921. The number of nitrogens with zero attached hydrogens (tertiary/aromatic N) is 1. The number of hydrogen-bond acceptors (Lipinski definition) is 3. The third kappa shape index (κ3) is 2.28. The first-order chi connectivity index (χ1) is 8.43. The summed E-state index contributed by atoms with van der Waals surface area (Å²) in [6.45, 7) is 0. The normalized spacial score (nSPS) is 10.6. The summed E-state index contributed by atoms with van der Waals surface area (Å²) < 4.78 is 1.30. The molecule has 0 aliphatic rings. The highest BCUT2D eigenvalue weighted by Crippen LogP contribution is 2.36. The average Bonchev–Trinajstić information content (AvgIpc) is 3.01. The number of benzene rings is 1. The van der Waals surface area contributed by atoms with Gasteiger partial charge in [0.05, 0.1) is 4.21 Å². The molecule has 2 aromatic heterocycles. The van der Waals surface area contributed by atoms with Gasteiger partial charge in [-0.3, -0.25) is 0 Å². The second kappa shape index (κ2) is 4.77. The SMILES string of the molecule is c1csc(Sc2ccccc2-c2ncc[nH]2)c1. The Morgan fingerprint density at radius 3 is 2.82 bits per heavy atom. The van der Waals surface area contributed by atoms with Crippen molar-refractivity contribution in [2.24, 2.45) is 0 Å². The van der Waals surface area contributed by atoms with Crippen LogP contribution in [0.1, 0.15) is 0 Å². The van der Waals surface area contributed by atoms with Crippen molar-refractivity contribution >= 4 is 23.1 Å². The van der Waals surface area contributed by atoms with E-state index in [4.69, 9.17) is 0 Å². The van der Waals surface area contributed by atoms with Gasteiger partial charge in [-0.2, -0.15) is 0 Å². The van der Waals surface area contributed by atoms with Gasteiger partial charge in [0.25, 0.3) is 0 Å². The van der Waals surface area contributed by atoms with Gasteiger partial charge in [-0.05, 0) is 17.5 Å². The molecule has 3 rings (SSSR count). The maximum atomic E-state index is 4.31. The summed E-state index contributed by atoms with van der Waals surface area (Å²) in [6, 6.07) is 12.5. The van der Waals surface area contributed by atoms with E-state index in [0.717, 1.165) is 11.4 Å². The van der Waals surface area contributed by atoms with Crippen LogP contribution in [0.5, 0.6) is 0 Å². The van der Waals surface area contributed by atoms with Crippen LogP contribution in [-0.4, -0.2) is 9.97 Å². The maximum absolute atomic E-state index is 4.31. The smallest absolute Gasteiger partial charge is 0.138 e. The zero-order valence-corrected chi connectivity index (χ0v) is 10.6. The Kier molecular flexibility index (Phi) is 2.98. The minimum atomic E-state index is 0.921. The molecule has 0 bridgehead atoms. The molecular weight excluding hydrogens is 248 g/mol. The molecule has 2 nitrogen and oxygen atoms in total. The Morgan fingerprint density at radius 1 is 1.12 bits per heavy atom. The van der Waals surface area contributed by atoms with Gasteiger partial charge in [-0.25, -0.2) is 4.98 Å². The first-order valence-corrected chi connectivity index (χ1v) is 6.93. The zero-order chi connectivity index (χ0) is 11.5. The van der Waals surface area contributed by atoms with Gasteiger partial charge in [-0.1, -0.05) is 36.0 Å². The first-order valence-electron chi connectivity index (χ1n) is 5.23. The largest absolute Gasteiger partial charge is 0.345 e. The molecule has 0 saturated heterocycles. The van der Waals surface area contributed by atoms with Gasteiger partial charge in [0.15, 0.2) is 0 Å². The fraction of sp³-hybridized carbons (Fsp3) is 0. The summed E-state index contributed by atoms with van der Waals surface area (Å²) >= 11 is 3.53. The summed E-state index contributed by atoms with van der Waals surface area (Å²) in [6.07, 6.45) is 3.63. The molecule has 0 atom stereocenters. The van der Waals surface area contributed by atoms with Crippen LogP contribution in [0.15, 0.2) is 63.3 Å². The lowest BCUT2D eigenvalue weighted by Gasteiger charge is -2.05. The van der Waals surface area contributed by atoms with E-state index in [-0.39, 0.29) is 0 Å². The van der Waals surface area contributed by atoms with Crippen LogP contribution in [0.25, 0.3) is 11.4 Å². The van der Waals surface area contributed by atoms with Crippen LogP contribution < -0.4 is 0 Å². The number of imidazole rings is 1. The van der Waals surface area contributed by atoms with Crippen molar-refractivity contribution in [3.05, 3.63) is 54.2 Å². The number of nitrogens with one attached hydrogen (secondary N) is 1. The molecule has 17 heavy (non-hydrogen) atoms. The molecule has 0 amide bonds. The van der Waals surface area contributed by atoms with Crippen LogP contribution in [0.3, 0.4) is 0 Å². The Morgan fingerprint density at radius 2 is 2.06 bits per heavy atom. The predicted octanol–water partition coefficient (Wildman–Crippen LogP) is 4.29. The lowest BCUT2D eigenvalue weighted by Crippen LogP contribution is -1.83. The van der Waals surface area contributed by atoms with Gasteiger partial charge >= 0.3 is 0 Å². The number of hydrogen-bond donors (Lipinski definition) is 1. The number of H-pyrrole nitrogens is 1. The quantitative estimate of drug-likeness (QED) is 0.759. The van der Waals surface area contributed by atoms with E-state index in [1.165, 1.54) is 9.10 Å². The van der Waals surface area contributed by atoms with Crippen LogP contribution in [0, 0.1) is 0 Å². The van der Waals surface area contributed by atoms with Crippen molar-refractivity contribution in [2.45, 2.75) is 9.10 Å². The zero-order valence-electron chi connectivity index (χ0n) is 8.96. The highest BCUT2D eigenvalue weighted by Gasteiger charge is 2.08. The molecule has 1 aromatic carbocycles. The molecule has 3 aromatic rings. The molecule has 0 spiro atoms. The molecule has 2 heterocycles. The molecular formula is C13H10N2S2. The lowest BCUT2D eigenvalue weighted by molar-refractivity contribution is 1.27. The topological polar surface area (TPSA) is 28.7 Å². The second-order valence-electron chi connectivity index (χ2n) is 3.47. The monoisotopic (exact) mass is 258 g/mol. The predicted molar refractivity (Wildman–Crippen MR) is 72.5 cm³/mol. The molecule has 0 radical (unpaired) electrons. The highest BCUT2D eigenvalue weighted by atomic mass is 32.2. The standard InChI is InChI=1S/C13H10N2S2/c1-2-5-11(17-12-6-3-9-16-12)10(4-1)13-14-7-8-15-13/h1-9H,(H,14,15). The molecule has 84 valence electrons. The Hall–Kier alpha value is -1.52. The Balaban J connectivity index is 1.99. The Labute approximate surface area is 108 Å². The number of rotatable bonds is 3. The molecule has 1 N–H and O–H groups in total. The van der Waals surface area contributed by atoms with E-state index < -0.39 is 0 Å². The van der Waals surface area contributed by atoms with E-state index in [9.17, 15) is 0 Å². The van der Waals surface area contributed by atoms with Crippen molar-refractivity contribution in [1.29, 1.82) is 0 Å². The van der Waals surface area contributed by atoms with E-state index >= 15 is 0 Å². The lowest BCUT2D eigenvalue weighted by atomic mass is 10.2. The van der Waals surface area contributed by atoms with Crippen LogP contribution >= 0.6 is 23.1 Å². The molecule has 0 aliphatic heterocycles. The minimum Gasteiger partial charge on any atom is -0.345 e. The van der Waals surface area contributed by atoms with Crippen molar-refractivity contribution in [1.82, 2.24) is 9.97 Å². The molecule has 0 saturated carbocycles. The van der Waals surface area contributed by atoms with E-state index in [2.05, 4.69) is 45.7 Å². The van der Waals surface area contributed by atoms with Crippen molar-refractivity contribution in [3.8, 4) is 11.4 Å². The van der Waals surface area contributed by atoms with Crippen molar-refractivity contribution in [3.63, 3.8) is 0 Å². The third-order valence-electron chi connectivity index (χ3n) is 2.35. The summed E-state index contributed by atoms with van der Waals surface area (Å²) in [5.41, 5.74) is 1.15. The van der Waals surface area contributed by atoms with Crippen molar-refractivity contribution < 1.29 is 0 Å². The van der Waals surface area contributed by atoms with Crippen LogP contribution in [-0.2, 0) is 0 Å². The maximum Gasteiger partial charge on any atom is 0.138 e. The van der Waals surface area contributed by atoms with Gasteiger partial charge < -0.3 is 4.98 Å². The van der Waals surface area contributed by atoms with Crippen molar-refractivity contribution in [2.75, 3.05) is 0 Å². The first kappa shape index (κ1) is 10.6. The van der Waals surface area contributed by atoms with Gasteiger partial charge in [0, 0.05) is 22.9 Å². The summed E-state index contributed by atoms with van der Waals surface area (Å²) in [4.78, 5) is 8.69. The number of aromatic amines is 1. The molecule has 0 unspecified atom stereocenters. The minimum absolute atomic E-state index is 0.921. The highest BCUT2D eigenvalue weighted by molar-refractivity contribution is 8.01. The van der Waals surface area contributed by atoms with Gasteiger partial charge in [-0.15, -0.1) is 11.3 Å². The third-order valence-corrected chi connectivity index (χ3v) is 4.46. The van der Waals surface area contributed by atoms with Crippen LogP contribution in [0.4, 0.5) is 0 Å². The van der Waals surface area contributed by atoms with E-state index in [1.807, 2.05) is 12.3 Å². The average molecular weight is 258 g/mol. The summed E-state index contributed by atoms with van der Waals surface area (Å²) in [5, 5.41) is 2.10. The molecule has 4 heteroatoms.